The molecule has 102 valence electrons. The zero-order valence-electron chi connectivity index (χ0n) is 10.8. The first-order valence-corrected chi connectivity index (χ1v) is 6.56. The molecule has 3 N–H and O–H groups in total. The van der Waals surface area contributed by atoms with Crippen LogP contribution in [-0.2, 0) is 0 Å². The number of hydrogen-bond donors (Lipinski definition) is 2. The van der Waals surface area contributed by atoms with Crippen LogP contribution in [0.2, 0.25) is 5.02 Å². The molecular formula is C14H17ClN2O2. The SMILES string of the molecule is CC#CCCNC(CN)c1cc(Cl)c2c(c1)OCO2. The average Bonchev–Trinajstić information content (AvgIpc) is 2.88. The van der Waals surface area contributed by atoms with E-state index in [1.54, 1.807) is 0 Å². The molecule has 1 unspecified atom stereocenters. The molecule has 0 bridgehead atoms. The Bertz CT molecular complexity index is 508. The van der Waals surface area contributed by atoms with E-state index in [0.29, 0.717) is 23.1 Å². The van der Waals surface area contributed by atoms with Crippen LogP contribution in [0.15, 0.2) is 12.1 Å². The van der Waals surface area contributed by atoms with Gasteiger partial charge in [-0.25, -0.2) is 0 Å². The van der Waals surface area contributed by atoms with Gasteiger partial charge in [0.1, 0.15) is 0 Å². The highest BCUT2D eigenvalue weighted by atomic mass is 35.5. The van der Waals surface area contributed by atoms with Crippen LogP contribution >= 0.6 is 11.6 Å². The quantitative estimate of drug-likeness (QED) is 0.640. The first-order chi connectivity index (χ1) is 9.26. The van der Waals surface area contributed by atoms with Gasteiger partial charge in [0, 0.05) is 25.6 Å². The molecule has 2 rings (SSSR count). The Labute approximate surface area is 118 Å². The van der Waals surface area contributed by atoms with Gasteiger partial charge in [-0.05, 0) is 24.6 Å². The van der Waals surface area contributed by atoms with E-state index < -0.39 is 0 Å². The maximum Gasteiger partial charge on any atom is 0.231 e. The normalized spacial score (nSPS) is 13.8. The molecule has 1 aliphatic heterocycles. The van der Waals surface area contributed by atoms with Crippen molar-refractivity contribution in [2.45, 2.75) is 19.4 Å². The maximum absolute atomic E-state index is 6.16. The highest BCUT2D eigenvalue weighted by Gasteiger charge is 2.20. The second kappa shape index (κ2) is 6.67. The van der Waals surface area contributed by atoms with Crippen molar-refractivity contribution in [2.24, 2.45) is 5.73 Å². The van der Waals surface area contributed by atoms with Crippen LogP contribution in [0.1, 0.15) is 24.9 Å². The van der Waals surface area contributed by atoms with Crippen molar-refractivity contribution in [1.29, 1.82) is 0 Å². The van der Waals surface area contributed by atoms with E-state index in [0.717, 1.165) is 18.5 Å². The van der Waals surface area contributed by atoms with Gasteiger partial charge in [0.15, 0.2) is 11.5 Å². The summed E-state index contributed by atoms with van der Waals surface area (Å²) in [6.07, 6.45) is 0.797. The predicted octanol–water partition coefficient (Wildman–Crippen LogP) is 2.07. The zero-order chi connectivity index (χ0) is 13.7. The minimum Gasteiger partial charge on any atom is -0.454 e. The van der Waals surface area contributed by atoms with Crippen molar-refractivity contribution in [3.8, 4) is 23.3 Å². The molecule has 0 radical (unpaired) electrons. The molecule has 1 atom stereocenters. The second-order valence-corrected chi connectivity index (χ2v) is 4.56. The van der Waals surface area contributed by atoms with Crippen molar-refractivity contribution in [3.63, 3.8) is 0 Å². The number of halogens is 1. The number of rotatable bonds is 5. The summed E-state index contributed by atoms with van der Waals surface area (Å²) in [4.78, 5) is 0. The predicted molar refractivity (Wildman–Crippen MR) is 75.4 cm³/mol. The first kappa shape index (κ1) is 14.0. The fourth-order valence-electron chi connectivity index (χ4n) is 1.96. The lowest BCUT2D eigenvalue weighted by Crippen LogP contribution is -2.28. The number of fused-ring (bicyclic) bond motifs is 1. The smallest absolute Gasteiger partial charge is 0.231 e. The van der Waals surface area contributed by atoms with Crippen molar-refractivity contribution in [3.05, 3.63) is 22.7 Å². The number of benzene rings is 1. The molecular weight excluding hydrogens is 264 g/mol. The Morgan fingerprint density at radius 2 is 2.32 bits per heavy atom. The largest absolute Gasteiger partial charge is 0.454 e. The highest BCUT2D eigenvalue weighted by Crippen LogP contribution is 2.40. The van der Waals surface area contributed by atoms with Gasteiger partial charge in [-0.2, -0.15) is 0 Å². The summed E-state index contributed by atoms with van der Waals surface area (Å²) < 4.78 is 10.6. The number of hydrogen-bond acceptors (Lipinski definition) is 4. The van der Waals surface area contributed by atoms with E-state index in [9.17, 15) is 0 Å². The second-order valence-electron chi connectivity index (χ2n) is 4.16. The van der Waals surface area contributed by atoms with E-state index in [1.807, 2.05) is 19.1 Å². The average molecular weight is 281 g/mol. The number of ether oxygens (including phenoxy) is 2. The molecule has 1 aromatic carbocycles. The van der Waals surface area contributed by atoms with Crippen LogP contribution < -0.4 is 20.5 Å². The molecule has 4 nitrogen and oxygen atoms in total. The Kier molecular flexibility index (Phi) is 4.92. The highest BCUT2D eigenvalue weighted by molar-refractivity contribution is 6.32. The molecule has 0 aromatic heterocycles. The van der Waals surface area contributed by atoms with Crippen molar-refractivity contribution >= 4 is 11.6 Å². The standard InChI is InChI=1S/C14H17ClN2O2/c1-2-3-4-5-17-12(8-16)10-6-11(15)14-13(7-10)18-9-19-14/h6-7,12,17H,4-5,8-9,16H2,1H3. The molecule has 0 saturated carbocycles. The van der Waals surface area contributed by atoms with Crippen molar-refractivity contribution in [2.75, 3.05) is 19.9 Å². The van der Waals surface area contributed by atoms with E-state index in [1.165, 1.54) is 0 Å². The van der Waals surface area contributed by atoms with Crippen LogP contribution in [0.25, 0.3) is 0 Å². The summed E-state index contributed by atoms with van der Waals surface area (Å²) in [6.45, 7) is 3.31. The molecule has 0 amide bonds. The lowest BCUT2D eigenvalue weighted by molar-refractivity contribution is 0.174. The molecule has 0 aliphatic carbocycles. The molecule has 1 aromatic rings. The van der Waals surface area contributed by atoms with E-state index in [4.69, 9.17) is 26.8 Å². The van der Waals surface area contributed by atoms with Gasteiger partial charge in [0.25, 0.3) is 0 Å². The molecule has 1 heterocycles. The summed E-state index contributed by atoms with van der Waals surface area (Å²) in [5, 5.41) is 3.91. The first-order valence-electron chi connectivity index (χ1n) is 6.18. The third-order valence-corrected chi connectivity index (χ3v) is 3.19. The van der Waals surface area contributed by atoms with Crippen LogP contribution in [0.4, 0.5) is 0 Å². The molecule has 0 fully saturated rings. The third-order valence-electron chi connectivity index (χ3n) is 2.91. The number of nitrogens with two attached hydrogens (primary N) is 1. The lowest BCUT2D eigenvalue weighted by Gasteiger charge is -2.17. The van der Waals surface area contributed by atoms with Gasteiger partial charge >= 0.3 is 0 Å². The Hall–Kier alpha value is -1.41. The van der Waals surface area contributed by atoms with Gasteiger partial charge in [-0.15, -0.1) is 11.8 Å². The minimum absolute atomic E-state index is 0.0330. The van der Waals surface area contributed by atoms with Gasteiger partial charge in [0.2, 0.25) is 6.79 Å². The third kappa shape index (κ3) is 3.32. The summed E-state index contributed by atoms with van der Waals surface area (Å²) >= 11 is 6.16. The molecule has 1 aliphatic rings. The van der Waals surface area contributed by atoms with E-state index in [-0.39, 0.29) is 12.8 Å². The summed E-state index contributed by atoms with van der Waals surface area (Å²) in [6, 6.07) is 3.82. The van der Waals surface area contributed by atoms with Gasteiger partial charge in [0.05, 0.1) is 5.02 Å². The Morgan fingerprint density at radius 3 is 3.05 bits per heavy atom. The topological polar surface area (TPSA) is 56.5 Å². The summed E-state index contributed by atoms with van der Waals surface area (Å²) in [5.41, 5.74) is 6.80. The molecule has 0 saturated heterocycles. The minimum atomic E-state index is 0.0330. The lowest BCUT2D eigenvalue weighted by atomic mass is 10.1. The van der Waals surface area contributed by atoms with Crippen LogP contribution in [0, 0.1) is 11.8 Å². The van der Waals surface area contributed by atoms with E-state index >= 15 is 0 Å². The molecule has 0 spiro atoms. The van der Waals surface area contributed by atoms with E-state index in [2.05, 4.69) is 17.2 Å². The number of nitrogens with one attached hydrogen (secondary N) is 1. The Balaban J connectivity index is 2.09. The van der Waals surface area contributed by atoms with Gasteiger partial charge in [-0.1, -0.05) is 11.6 Å². The fraction of sp³-hybridized carbons (Fsp3) is 0.429. The van der Waals surface area contributed by atoms with Gasteiger partial charge in [-0.3, -0.25) is 0 Å². The van der Waals surface area contributed by atoms with Crippen LogP contribution in [-0.4, -0.2) is 19.9 Å². The molecule has 19 heavy (non-hydrogen) atoms. The fourth-order valence-corrected chi connectivity index (χ4v) is 2.23. The van der Waals surface area contributed by atoms with Gasteiger partial charge < -0.3 is 20.5 Å². The Morgan fingerprint density at radius 1 is 1.47 bits per heavy atom. The monoisotopic (exact) mass is 280 g/mol. The summed E-state index contributed by atoms with van der Waals surface area (Å²) in [5.74, 6) is 7.16. The van der Waals surface area contributed by atoms with Crippen LogP contribution in [0.3, 0.4) is 0 Å². The zero-order valence-corrected chi connectivity index (χ0v) is 11.6. The maximum atomic E-state index is 6.16. The van der Waals surface area contributed by atoms with Crippen molar-refractivity contribution in [1.82, 2.24) is 5.32 Å². The summed E-state index contributed by atoms with van der Waals surface area (Å²) in [7, 11) is 0. The van der Waals surface area contributed by atoms with Crippen molar-refractivity contribution < 1.29 is 9.47 Å². The van der Waals surface area contributed by atoms with Crippen LogP contribution in [0.5, 0.6) is 11.5 Å². The molecule has 5 heteroatoms.